The Kier molecular flexibility index (Phi) is 9.19. The van der Waals surface area contributed by atoms with Gasteiger partial charge in [-0.15, -0.1) is 0 Å². The lowest BCUT2D eigenvalue weighted by Crippen LogP contribution is -2.15. The monoisotopic (exact) mass is 454 g/mol. The van der Waals surface area contributed by atoms with E-state index in [1.807, 2.05) is 32.3 Å². The van der Waals surface area contributed by atoms with Gasteiger partial charge in [0.2, 0.25) is 5.78 Å². The van der Waals surface area contributed by atoms with Crippen LogP contribution in [0.3, 0.4) is 0 Å². The number of carboxylic acid groups (broad SMARTS) is 2. The van der Waals surface area contributed by atoms with Gasteiger partial charge in [0.25, 0.3) is 0 Å². The summed E-state index contributed by atoms with van der Waals surface area (Å²) < 4.78 is 11.3. The molecule has 0 spiro atoms. The highest BCUT2D eigenvalue weighted by Gasteiger charge is 2.19. The van der Waals surface area contributed by atoms with Crippen LogP contribution >= 0.6 is 0 Å². The van der Waals surface area contributed by atoms with Crippen LogP contribution in [0.15, 0.2) is 65.1 Å². The number of carboxylic acids is 2. The number of anilines is 1. The lowest BCUT2D eigenvalue weighted by atomic mass is 10.1. The first-order valence-corrected chi connectivity index (χ1v) is 10.0. The van der Waals surface area contributed by atoms with Crippen molar-refractivity contribution in [1.29, 1.82) is 0 Å². The molecule has 0 amide bonds. The van der Waals surface area contributed by atoms with Crippen molar-refractivity contribution in [3.63, 3.8) is 0 Å². The minimum Gasteiger partial charge on any atom is -0.494 e. The summed E-state index contributed by atoms with van der Waals surface area (Å²) in [5.41, 5.74) is 7.58. The Labute approximate surface area is 190 Å². The number of benzene rings is 2. The van der Waals surface area contributed by atoms with Crippen LogP contribution in [0.5, 0.6) is 5.75 Å². The lowest BCUT2D eigenvalue weighted by Gasteiger charge is -2.10. The van der Waals surface area contributed by atoms with Crippen LogP contribution in [0, 0.1) is 0 Å². The molecule has 33 heavy (non-hydrogen) atoms. The third-order valence-corrected chi connectivity index (χ3v) is 4.34. The molecule has 174 valence electrons. The molecule has 0 radical (unpaired) electrons. The molecule has 3 rings (SSSR count). The third-order valence-electron chi connectivity index (χ3n) is 4.34. The van der Waals surface area contributed by atoms with E-state index in [9.17, 15) is 14.4 Å². The first-order chi connectivity index (χ1) is 15.7. The SMILES string of the molecule is CN(C)CCCOc1ccc(C(=O)c2oc3ccccc3c2N)cc1.O=C(O)/C=C/C(=O)O. The van der Waals surface area contributed by atoms with Crippen molar-refractivity contribution in [3.8, 4) is 5.75 Å². The average Bonchev–Trinajstić information content (AvgIpc) is 3.12. The second kappa shape index (κ2) is 12.1. The Balaban J connectivity index is 0.000000414. The van der Waals surface area contributed by atoms with Crippen LogP contribution in [-0.2, 0) is 9.59 Å². The third kappa shape index (κ3) is 7.82. The molecule has 3 aromatic rings. The Bertz CT molecular complexity index is 1120. The van der Waals surface area contributed by atoms with Crippen molar-refractivity contribution in [2.45, 2.75) is 6.42 Å². The van der Waals surface area contributed by atoms with Crippen LogP contribution in [0.2, 0.25) is 0 Å². The van der Waals surface area contributed by atoms with Crippen molar-refractivity contribution in [2.75, 3.05) is 33.0 Å². The Hall–Kier alpha value is -4.11. The van der Waals surface area contributed by atoms with Crippen molar-refractivity contribution in [3.05, 3.63) is 72.0 Å². The highest BCUT2D eigenvalue weighted by molar-refractivity contribution is 6.14. The summed E-state index contributed by atoms with van der Waals surface area (Å²) in [6.45, 7) is 1.61. The number of rotatable bonds is 9. The van der Waals surface area contributed by atoms with E-state index in [4.69, 9.17) is 25.1 Å². The Morgan fingerprint density at radius 1 is 1.00 bits per heavy atom. The van der Waals surface area contributed by atoms with E-state index in [1.165, 1.54) is 0 Å². The number of nitrogens with two attached hydrogens (primary N) is 1. The number of para-hydroxylation sites is 1. The second-order valence-corrected chi connectivity index (χ2v) is 7.21. The number of nitrogens with zero attached hydrogens (tertiary/aromatic N) is 1. The minimum atomic E-state index is -1.26. The first kappa shape index (κ1) is 25.2. The van der Waals surface area contributed by atoms with E-state index in [0.29, 0.717) is 35.6 Å². The number of aliphatic carboxylic acids is 2. The van der Waals surface area contributed by atoms with Gasteiger partial charge >= 0.3 is 11.9 Å². The van der Waals surface area contributed by atoms with E-state index in [0.717, 1.165) is 24.1 Å². The summed E-state index contributed by atoms with van der Waals surface area (Å²) in [7, 11) is 4.06. The van der Waals surface area contributed by atoms with Gasteiger partial charge in [-0.05, 0) is 56.9 Å². The quantitative estimate of drug-likeness (QED) is 0.252. The van der Waals surface area contributed by atoms with E-state index < -0.39 is 11.9 Å². The molecule has 0 atom stereocenters. The Morgan fingerprint density at radius 3 is 2.15 bits per heavy atom. The molecule has 0 fully saturated rings. The molecule has 1 aromatic heterocycles. The van der Waals surface area contributed by atoms with Crippen molar-refractivity contribution in [2.24, 2.45) is 0 Å². The van der Waals surface area contributed by atoms with E-state index in [-0.39, 0.29) is 11.5 Å². The van der Waals surface area contributed by atoms with Gasteiger partial charge in [-0.1, -0.05) is 12.1 Å². The van der Waals surface area contributed by atoms with E-state index in [2.05, 4.69) is 4.90 Å². The number of furan rings is 1. The molecule has 0 aliphatic carbocycles. The molecule has 0 saturated heterocycles. The molecule has 2 aromatic carbocycles. The van der Waals surface area contributed by atoms with Gasteiger partial charge in [0, 0.05) is 29.6 Å². The van der Waals surface area contributed by atoms with Crippen molar-refractivity contribution >= 4 is 34.4 Å². The van der Waals surface area contributed by atoms with Crippen LogP contribution < -0.4 is 10.5 Å². The predicted molar refractivity (Wildman–Crippen MR) is 124 cm³/mol. The number of carbonyl (C=O) groups excluding carboxylic acids is 1. The van der Waals surface area contributed by atoms with Crippen LogP contribution in [0.25, 0.3) is 11.0 Å². The molecule has 0 unspecified atom stereocenters. The molecular weight excluding hydrogens is 428 g/mol. The number of carbonyl (C=O) groups is 3. The molecule has 1 heterocycles. The molecule has 9 nitrogen and oxygen atoms in total. The fourth-order valence-corrected chi connectivity index (χ4v) is 2.78. The Morgan fingerprint density at radius 2 is 1.61 bits per heavy atom. The highest BCUT2D eigenvalue weighted by atomic mass is 16.5. The van der Waals surface area contributed by atoms with Crippen LogP contribution in [0.4, 0.5) is 5.69 Å². The molecule has 0 saturated carbocycles. The second-order valence-electron chi connectivity index (χ2n) is 7.21. The van der Waals surface area contributed by atoms with E-state index in [1.54, 1.807) is 30.3 Å². The van der Waals surface area contributed by atoms with Crippen molar-refractivity contribution < 1.29 is 33.8 Å². The molecule has 9 heteroatoms. The number of fused-ring (bicyclic) bond motifs is 1. The zero-order valence-corrected chi connectivity index (χ0v) is 18.4. The van der Waals surface area contributed by atoms with Gasteiger partial charge in [0.1, 0.15) is 11.3 Å². The summed E-state index contributed by atoms with van der Waals surface area (Å²) in [4.78, 5) is 33.9. The first-order valence-electron chi connectivity index (χ1n) is 10.0. The van der Waals surface area contributed by atoms with Crippen molar-refractivity contribution in [1.82, 2.24) is 4.90 Å². The number of ether oxygens (including phenoxy) is 1. The van der Waals surface area contributed by atoms with Gasteiger partial charge in [0.15, 0.2) is 5.76 Å². The number of nitrogen functional groups attached to an aromatic ring is 1. The molecular formula is C24H26N2O7. The summed E-state index contributed by atoms with van der Waals surface area (Å²) in [5.74, 6) is -1.82. The van der Waals surface area contributed by atoms with Gasteiger partial charge in [-0.25, -0.2) is 9.59 Å². The fourth-order valence-electron chi connectivity index (χ4n) is 2.78. The smallest absolute Gasteiger partial charge is 0.328 e. The van der Waals surface area contributed by atoms with Gasteiger partial charge in [-0.3, -0.25) is 4.79 Å². The highest BCUT2D eigenvalue weighted by Crippen LogP contribution is 2.30. The van der Waals surface area contributed by atoms with Gasteiger partial charge in [0.05, 0.1) is 12.3 Å². The summed E-state index contributed by atoms with van der Waals surface area (Å²) in [6.07, 6.45) is 2.06. The topological polar surface area (TPSA) is 143 Å². The lowest BCUT2D eigenvalue weighted by molar-refractivity contribution is -0.134. The summed E-state index contributed by atoms with van der Waals surface area (Å²) in [5, 5.41) is 16.4. The molecule has 0 bridgehead atoms. The average molecular weight is 454 g/mol. The maximum absolute atomic E-state index is 12.7. The maximum atomic E-state index is 12.7. The summed E-state index contributed by atoms with van der Waals surface area (Å²) in [6, 6.07) is 14.4. The fraction of sp³-hybridized carbons (Fsp3) is 0.208. The zero-order chi connectivity index (χ0) is 24.4. The van der Waals surface area contributed by atoms with Gasteiger partial charge < -0.3 is 30.0 Å². The maximum Gasteiger partial charge on any atom is 0.328 e. The van der Waals surface area contributed by atoms with Crippen LogP contribution in [-0.4, -0.2) is 60.1 Å². The molecule has 0 aliphatic rings. The molecule has 4 N–H and O–H groups in total. The largest absolute Gasteiger partial charge is 0.494 e. The minimum absolute atomic E-state index is 0.181. The molecule has 0 aliphatic heterocycles. The normalized spacial score (nSPS) is 10.8. The zero-order valence-electron chi connectivity index (χ0n) is 18.4. The van der Waals surface area contributed by atoms with Crippen LogP contribution in [0.1, 0.15) is 22.5 Å². The predicted octanol–water partition coefficient (Wildman–Crippen LogP) is 3.29. The number of hydrogen-bond donors (Lipinski definition) is 3. The summed E-state index contributed by atoms with van der Waals surface area (Å²) >= 11 is 0. The number of ketones is 1. The van der Waals surface area contributed by atoms with Gasteiger partial charge in [-0.2, -0.15) is 0 Å². The standard InChI is InChI=1S/C20H22N2O3.C4H4O4/c1-22(2)12-5-13-24-15-10-8-14(9-11-15)19(23)20-18(21)16-6-3-4-7-17(16)25-20;5-3(6)1-2-4(7)8/h3-4,6-11H,5,12-13,21H2,1-2H3;1-2H,(H,5,6)(H,7,8)/b;2-1+. The van der Waals surface area contributed by atoms with E-state index >= 15 is 0 Å². The number of hydrogen-bond acceptors (Lipinski definition) is 7.